The molecule has 0 bridgehead atoms. The van der Waals surface area contributed by atoms with Gasteiger partial charge in [0.05, 0.1) is 5.69 Å². The molecule has 0 spiro atoms. The van der Waals surface area contributed by atoms with Crippen molar-refractivity contribution in [2.45, 2.75) is 51.9 Å². The van der Waals surface area contributed by atoms with E-state index in [-0.39, 0.29) is 5.91 Å². The molecule has 3 heterocycles. The number of amides is 1. The number of nitrogens with zero attached hydrogens (tertiary/aromatic N) is 2. The predicted molar refractivity (Wildman–Crippen MR) is 99.6 cm³/mol. The Morgan fingerprint density at radius 2 is 2.12 bits per heavy atom. The van der Waals surface area contributed by atoms with E-state index in [0.717, 1.165) is 42.6 Å². The highest BCUT2D eigenvalue weighted by Crippen LogP contribution is 2.36. The molecule has 24 heavy (non-hydrogen) atoms. The Kier molecular flexibility index (Phi) is 4.21. The van der Waals surface area contributed by atoms with Crippen LogP contribution in [0.1, 0.15) is 60.0 Å². The van der Waals surface area contributed by atoms with Gasteiger partial charge in [-0.05, 0) is 56.1 Å². The molecule has 2 aliphatic rings. The van der Waals surface area contributed by atoms with Crippen molar-refractivity contribution in [2.24, 2.45) is 5.92 Å². The number of carbonyl (C=O) groups excluding carboxylic acids is 1. The van der Waals surface area contributed by atoms with Crippen LogP contribution in [-0.4, -0.2) is 28.9 Å². The maximum absolute atomic E-state index is 12.9. The number of fused-ring (bicyclic) bond motifs is 2. The summed E-state index contributed by atoms with van der Waals surface area (Å²) in [6.07, 6.45) is 8.14. The number of thiophene rings is 1. The zero-order chi connectivity index (χ0) is 16.7. The Bertz CT molecular complexity index is 783. The summed E-state index contributed by atoms with van der Waals surface area (Å²) in [7, 11) is 0. The molecule has 1 fully saturated rings. The highest BCUT2D eigenvalue weighted by atomic mass is 32.1. The summed E-state index contributed by atoms with van der Waals surface area (Å²) >= 11 is 1.48. The number of nitrogens with two attached hydrogens (primary N) is 1. The Morgan fingerprint density at radius 1 is 1.29 bits per heavy atom. The van der Waals surface area contributed by atoms with Crippen LogP contribution in [0.3, 0.4) is 0 Å². The number of rotatable bonds is 1. The van der Waals surface area contributed by atoms with Gasteiger partial charge in [0.1, 0.15) is 9.71 Å². The number of aryl methyl sites for hydroxylation is 2. The molecular formula is C19H25N3OS. The lowest BCUT2D eigenvalue weighted by atomic mass is 10.00. The van der Waals surface area contributed by atoms with Gasteiger partial charge >= 0.3 is 0 Å². The predicted octanol–water partition coefficient (Wildman–Crippen LogP) is 4.02. The average molecular weight is 343 g/mol. The third-order valence-electron chi connectivity index (χ3n) is 5.39. The van der Waals surface area contributed by atoms with E-state index >= 15 is 0 Å². The third kappa shape index (κ3) is 2.79. The first-order valence-corrected chi connectivity index (χ1v) is 9.95. The summed E-state index contributed by atoms with van der Waals surface area (Å²) in [5, 5.41) is 0.981. The first-order chi connectivity index (χ1) is 11.6. The van der Waals surface area contributed by atoms with Gasteiger partial charge in [-0.2, -0.15) is 0 Å². The first-order valence-electron chi connectivity index (χ1n) is 9.13. The number of anilines is 1. The number of nitrogen functional groups attached to an aromatic ring is 1. The largest absolute Gasteiger partial charge is 0.397 e. The van der Waals surface area contributed by atoms with E-state index in [1.807, 2.05) is 4.90 Å². The van der Waals surface area contributed by atoms with E-state index in [0.29, 0.717) is 16.5 Å². The number of carbonyl (C=O) groups is 1. The molecule has 0 saturated carbocycles. The van der Waals surface area contributed by atoms with Crippen LogP contribution < -0.4 is 5.73 Å². The molecule has 1 aliphatic heterocycles. The Morgan fingerprint density at radius 3 is 2.96 bits per heavy atom. The summed E-state index contributed by atoms with van der Waals surface area (Å²) in [5.41, 5.74) is 9.56. The van der Waals surface area contributed by atoms with Gasteiger partial charge in [0.2, 0.25) is 0 Å². The number of likely N-dealkylation sites (tertiary alicyclic amines) is 1. The van der Waals surface area contributed by atoms with Crippen molar-refractivity contribution in [3.05, 3.63) is 22.2 Å². The second-order valence-electron chi connectivity index (χ2n) is 7.35. The fraction of sp³-hybridized carbons (Fsp3) is 0.579. The number of hydrogen-bond donors (Lipinski definition) is 1. The standard InChI is InChI=1S/C19H25N3OS/c1-12-6-5-9-22(11-12)19(23)17-16(20)14-10-13-7-3-2-4-8-15(13)21-18(14)24-17/h10,12H,2-9,11,20H2,1H3. The molecule has 5 heteroatoms. The number of aromatic nitrogens is 1. The smallest absolute Gasteiger partial charge is 0.266 e. The molecule has 0 radical (unpaired) electrons. The molecule has 1 saturated heterocycles. The Labute approximate surface area is 147 Å². The van der Waals surface area contributed by atoms with E-state index in [1.54, 1.807) is 0 Å². The van der Waals surface area contributed by atoms with Crippen molar-refractivity contribution in [1.82, 2.24) is 9.88 Å². The van der Waals surface area contributed by atoms with Crippen LogP contribution in [0.2, 0.25) is 0 Å². The fourth-order valence-electron chi connectivity index (χ4n) is 4.01. The van der Waals surface area contributed by atoms with Crippen molar-refractivity contribution in [1.29, 1.82) is 0 Å². The molecule has 4 rings (SSSR count). The molecule has 0 aromatic carbocycles. The van der Waals surface area contributed by atoms with E-state index in [4.69, 9.17) is 10.7 Å². The first kappa shape index (κ1) is 15.9. The lowest BCUT2D eigenvalue weighted by Crippen LogP contribution is -2.38. The van der Waals surface area contributed by atoms with E-state index in [2.05, 4.69) is 13.0 Å². The molecule has 1 aliphatic carbocycles. The van der Waals surface area contributed by atoms with Crippen LogP contribution in [0.25, 0.3) is 10.2 Å². The molecule has 2 N–H and O–H groups in total. The van der Waals surface area contributed by atoms with Gasteiger partial charge in [-0.1, -0.05) is 13.3 Å². The second kappa shape index (κ2) is 6.36. The molecule has 1 unspecified atom stereocenters. The van der Waals surface area contributed by atoms with Crippen molar-refractivity contribution >= 4 is 33.1 Å². The van der Waals surface area contributed by atoms with Gasteiger partial charge in [-0.25, -0.2) is 4.98 Å². The average Bonchev–Trinajstić information content (AvgIpc) is 2.75. The van der Waals surface area contributed by atoms with Crippen LogP contribution in [0.15, 0.2) is 6.07 Å². The molecule has 1 amide bonds. The van der Waals surface area contributed by atoms with Gasteiger partial charge in [0.15, 0.2) is 0 Å². The Hall–Kier alpha value is -1.62. The lowest BCUT2D eigenvalue weighted by Gasteiger charge is -2.30. The second-order valence-corrected chi connectivity index (χ2v) is 8.35. The zero-order valence-corrected chi connectivity index (χ0v) is 15.1. The summed E-state index contributed by atoms with van der Waals surface area (Å²) < 4.78 is 0. The van der Waals surface area contributed by atoms with E-state index in [9.17, 15) is 4.79 Å². The summed E-state index contributed by atoms with van der Waals surface area (Å²) in [4.78, 5) is 21.4. The zero-order valence-electron chi connectivity index (χ0n) is 14.3. The summed E-state index contributed by atoms with van der Waals surface area (Å²) in [6, 6.07) is 2.20. The minimum Gasteiger partial charge on any atom is -0.397 e. The minimum atomic E-state index is 0.0947. The molecule has 1 atom stereocenters. The monoisotopic (exact) mass is 343 g/mol. The van der Waals surface area contributed by atoms with E-state index < -0.39 is 0 Å². The maximum atomic E-state index is 12.9. The quantitative estimate of drug-likeness (QED) is 0.796. The van der Waals surface area contributed by atoms with Crippen molar-refractivity contribution in [3.63, 3.8) is 0 Å². The van der Waals surface area contributed by atoms with Crippen LogP contribution in [0.4, 0.5) is 5.69 Å². The number of piperidine rings is 1. The topological polar surface area (TPSA) is 59.2 Å². The van der Waals surface area contributed by atoms with Crippen LogP contribution in [0.5, 0.6) is 0 Å². The van der Waals surface area contributed by atoms with Gasteiger partial charge in [0.25, 0.3) is 5.91 Å². The van der Waals surface area contributed by atoms with Gasteiger partial charge in [-0.3, -0.25) is 4.79 Å². The molecule has 128 valence electrons. The van der Waals surface area contributed by atoms with Gasteiger partial charge < -0.3 is 10.6 Å². The molecular weight excluding hydrogens is 318 g/mol. The van der Waals surface area contributed by atoms with Gasteiger partial charge in [-0.15, -0.1) is 11.3 Å². The minimum absolute atomic E-state index is 0.0947. The van der Waals surface area contributed by atoms with Gasteiger partial charge in [0, 0.05) is 24.2 Å². The SMILES string of the molecule is CC1CCCN(C(=O)c2sc3nc4c(cc3c2N)CCCCC4)C1. The maximum Gasteiger partial charge on any atom is 0.266 e. The number of hydrogen-bond acceptors (Lipinski definition) is 4. The third-order valence-corrected chi connectivity index (χ3v) is 6.49. The van der Waals surface area contributed by atoms with Crippen LogP contribution in [-0.2, 0) is 12.8 Å². The highest BCUT2D eigenvalue weighted by molar-refractivity contribution is 7.21. The highest BCUT2D eigenvalue weighted by Gasteiger charge is 2.26. The summed E-state index contributed by atoms with van der Waals surface area (Å²) in [6.45, 7) is 3.91. The lowest BCUT2D eigenvalue weighted by molar-refractivity contribution is 0.0689. The normalized spacial score (nSPS) is 21.5. The van der Waals surface area contributed by atoms with E-state index in [1.165, 1.54) is 48.3 Å². The van der Waals surface area contributed by atoms with Crippen molar-refractivity contribution < 1.29 is 4.79 Å². The molecule has 4 nitrogen and oxygen atoms in total. The van der Waals surface area contributed by atoms with Crippen LogP contribution in [0, 0.1) is 5.92 Å². The van der Waals surface area contributed by atoms with Crippen molar-refractivity contribution in [3.8, 4) is 0 Å². The van der Waals surface area contributed by atoms with Crippen molar-refractivity contribution in [2.75, 3.05) is 18.8 Å². The molecule has 2 aromatic heterocycles. The Balaban J connectivity index is 1.71. The van der Waals surface area contributed by atoms with Crippen LogP contribution >= 0.6 is 11.3 Å². The molecule has 2 aromatic rings. The number of pyridine rings is 1. The fourth-order valence-corrected chi connectivity index (χ4v) is 5.08. The summed E-state index contributed by atoms with van der Waals surface area (Å²) in [5.74, 6) is 0.671.